The Morgan fingerprint density at radius 2 is 2.31 bits per heavy atom. The number of nitrogens with two attached hydrogens (primary N) is 1. The molecule has 6 nitrogen and oxygen atoms in total. The maximum atomic E-state index is 10.2. The van der Waals surface area contributed by atoms with Crippen molar-refractivity contribution < 1.29 is 10.2 Å². The van der Waals surface area contributed by atoms with E-state index in [1.807, 2.05) is 11.8 Å². The fourth-order valence-corrected chi connectivity index (χ4v) is 1.95. The molecule has 16 heavy (non-hydrogen) atoms. The van der Waals surface area contributed by atoms with Crippen LogP contribution in [0.2, 0.25) is 0 Å². The minimum Gasteiger partial charge on any atom is -0.400 e. The minimum atomic E-state index is -0.412. The lowest BCUT2D eigenvalue weighted by atomic mass is 10.3. The average Bonchev–Trinajstić information content (AvgIpc) is 2.73. The van der Waals surface area contributed by atoms with Crippen molar-refractivity contribution in [3.63, 3.8) is 0 Å². The summed E-state index contributed by atoms with van der Waals surface area (Å²) in [6, 6.07) is 1.52. The van der Waals surface area contributed by atoms with Crippen LogP contribution in [0.15, 0.2) is 17.1 Å². The lowest BCUT2D eigenvalue weighted by Crippen LogP contribution is -2.10. The molecule has 0 aliphatic carbocycles. The summed E-state index contributed by atoms with van der Waals surface area (Å²) < 4.78 is 0. The summed E-state index contributed by atoms with van der Waals surface area (Å²) in [6.07, 6.45) is 2.37. The smallest absolute Gasteiger partial charge is 0.346 e. The molecule has 1 fully saturated rings. The predicted octanol–water partition coefficient (Wildman–Crippen LogP) is -0.555. The van der Waals surface area contributed by atoms with Crippen LogP contribution in [0, 0.1) is 0 Å². The van der Waals surface area contributed by atoms with E-state index in [0.717, 1.165) is 25.0 Å². The number of nitrogens with zero attached hydrogens (tertiary/aromatic N) is 1. The number of H-pyrrole nitrogens is 1. The van der Waals surface area contributed by atoms with Crippen LogP contribution in [0.5, 0.6) is 0 Å². The van der Waals surface area contributed by atoms with Crippen molar-refractivity contribution >= 4 is 17.6 Å². The first kappa shape index (κ1) is 14.9. The summed E-state index contributed by atoms with van der Waals surface area (Å²) >= 11 is 1.83. The quantitative estimate of drug-likeness (QED) is 0.489. The molecule has 2 heterocycles. The average molecular weight is 247 g/mol. The van der Waals surface area contributed by atoms with Gasteiger partial charge in [0.2, 0.25) is 0 Å². The van der Waals surface area contributed by atoms with Gasteiger partial charge in [0.05, 0.1) is 6.10 Å². The van der Waals surface area contributed by atoms with Gasteiger partial charge < -0.3 is 15.9 Å². The van der Waals surface area contributed by atoms with Crippen molar-refractivity contribution in [1.29, 1.82) is 0 Å². The highest BCUT2D eigenvalue weighted by Gasteiger charge is 2.09. The van der Waals surface area contributed by atoms with Crippen LogP contribution in [-0.2, 0) is 0 Å². The maximum Gasteiger partial charge on any atom is 0.346 e. The van der Waals surface area contributed by atoms with E-state index >= 15 is 0 Å². The first-order valence-corrected chi connectivity index (χ1v) is 5.85. The predicted molar refractivity (Wildman–Crippen MR) is 65.4 cm³/mol. The van der Waals surface area contributed by atoms with Gasteiger partial charge in [-0.1, -0.05) is 0 Å². The highest BCUT2D eigenvalue weighted by Crippen LogP contribution is 2.15. The van der Waals surface area contributed by atoms with Crippen molar-refractivity contribution in [2.75, 3.05) is 24.3 Å². The summed E-state index contributed by atoms with van der Waals surface area (Å²) in [6.45, 7) is 0. The number of rotatable bonds is 0. The number of nitrogens with one attached hydrogen (secondary N) is 1. The molecule has 0 saturated carbocycles. The van der Waals surface area contributed by atoms with Crippen molar-refractivity contribution in [2.45, 2.75) is 12.5 Å². The highest BCUT2D eigenvalue weighted by atomic mass is 32.2. The van der Waals surface area contributed by atoms with E-state index in [2.05, 4.69) is 9.97 Å². The molecule has 92 valence electrons. The van der Waals surface area contributed by atoms with E-state index in [0.29, 0.717) is 5.82 Å². The Morgan fingerprint density at radius 3 is 2.56 bits per heavy atom. The normalized spacial score (nSPS) is 17.8. The summed E-state index contributed by atoms with van der Waals surface area (Å²) in [5.74, 6) is 2.45. The van der Waals surface area contributed by atoms with Crippen LogP contribution in [0.3, 0.4) is 0 Å². The molecule has 7 heteroatoms. The number of aromatic nitrogens is 2. The molecule has 1 aliphatic rings. The van der Waals surface area contributed by atoms with Gasteiger partial charge in [-0.05, 0) is 18.2 Å². The molecule has 1 aromatic heterocycles. The number of anilines is 1. The third kappa shape index (κ3) is 7.27. The number of thioether (sulfide) groups is 1. The number of nitrogen functional groups attached to an aromatic ring is 1. The second-order valence-corrected chi connectivity index (χ2v) is 4.00. The monoisotopic (exact) mass is 247 g/mol. The molecule has 5 N–H and O–H groups in total. The molecular formula is C9H17N3O3S. The Morgan fingerprint density at radius 1 is 1.62 bits per heavy atom. The van der Waals surface area contributed by atoms with Gasteiger partial charge in [0.1, 0.15) is 5.82 Å². The summed E-state index contributed by atoms with van der Waals surface area (Å²) in [5, 5.41) is 15.7. The first-order valence-electron chi connectivity index (χ1n) is 4.70. The van der Waals surface area contributed by atoms with Gasteiger partial charge >= 0.3 is 5.69 Å². The van der Waals surface area contributed by atoms with Crippen LogP contribution >= 0.6 is 11.8 Å². The number of aliphatic hydroxyl groups excluding tert-OH is 2. The van der Waals surface area contributed by atoms with Gasteiger partial charge in [-0.25, -0.2) is 9.78 Å². The number of hydrogen-bond donors (Lipinski definition) is 4. The Bertz CT molecular complexity index is 326. The molecule has 0 amide bonds. The highest BCUT2D eigenvalue weighted by molar-refractivity contribution is 7.99. The molecule has 1 saturated heterocycles. The van der Waals surface area contributed by atoms with Crippen molar-refractivity contribution in [3.8, 4) is 0 Å². The zero-order chi connectivity index (χ0) is 12.4. The standard InChI is InChI=1S/C4H5N3O.C4H8OS.CH4O/c5-3-1-2-6-4(8)7-3;5-4-1-2-6-3-4;1-2/h1-2H,(H3,5,6,7,8);4-5H,1-3H2;2H,1H3. The molecule has 0 spiro atoms. The molecule has 1 aliphatic heterocycles. The molecule has 2 rings (SSSR count). The topological polar surface area (TPSA) is 112 Å². The Kier molecular flexibility index (Phi) is 8.59. The van der Waals surface area contributed by atoms with Gasteiger partial charge in [-0.3, -0.25) is 4.98 Å². The number of hydrogen-bond acceptors (Lipinski definition) is 6. The first-order chi connectivity index (χ1) is 7.68. The van der Waals surface area contributed by atoms with Crippen molar-refractivity contribution in [2.24, 2.45) is 0 Å². The molecular weight excluding hydrogens is 230 g/mol. The van der Waals surface area contributed by atoms with Crippen LogP contribution in [0.4, 0.5) is 5.82 Å². The zero-order valence-electron chi connectivity index (χ0n) is 9.09. The number of aliphatic hydroxyl groups is 2. The SMILES string of the molecule is CO.Nc1ccnc(=O)[nH]1.OC1CCSC1. The second kappa shape index (κ2) is 9.20. The van der Waals surface area contributed by atoms with Gasteiger partial charge in [0.15, 0.2) is 0 Å². The third-order valence-corrected chi connectivity index (χ3v) is 2.75. The fraction of sp³-hybridized carbons (Fsp3) is 0.556. The molecule has 1 aromatic rings. The summed E-state index contributed by atoms with van der Waals surface area (Å²) in [5.41, 5.74) is 4.75. The van der Waals surface area contributed by atoms with Crippen molar-refractivity contribution in [1.82, 2.24) is 9.97 Å². The van der Waals surface area contributed by atoms with E-state index in [1.54, 1.807) is 0 Å². The lowest BCUT2D eigenvalue weighted by molar-refractivity contribution is 0.203. The van der Waals surface area contributed by atoms with Gasteiger partial charge in [-0.2, -0.15) is 11.8 Å². The van der Waals surface area contributed by atoms with E-state index in [1.165, 1.54) is 12.3 Å². The molecule has 1 atom stereocenters. The van der Waals surface area contributed by atoms with Gasteiger partial charge in [0.25, 0.3) is 0 Å². The van der Waals surface area contributed by atoms with Crippen LogP contribution in [0.25, 0.3) is 0 Å². The maximum absolute atomic E-state index is 10.2. The third-order valence-electron chi connectivity index (χ3n) is 1.60. The van der Waals surface area contributed by atoms with Gasteiger partial charge in [-0.15, -0.1) is 0 Å². The second-order valence-electron chi connectivity index (χ2n) is 2.85. The fourth-order valence-electron chi connectivity index (χ4n) is 0.905. The lowest BCUT2D eigenvalue weighted by Gasteiger charge is -1.90. The molecule has 0 aromatic carbocycles. The zero-order valence-corrected chi connectivity index (χ0v) is 9.91. The Hall–Kier alpha value is -1.05. The Balaban J connectivity index is 0.000000251. The van der Waals surface area contributed by atoms with Gasteiger partial charge in [0, 0.05) is 19.1 Å². The number of aromatic amines is 1. The van der Waals surface area contributed by atoms with Crippen molar-refractivity contribution in [3.05, 3.63) is 22.7 Å². The van der Waals surface area contributed by atoms with Crippen LogP contribution in [-0.4, -0.2) is 44.9 Å². The summed E-state index contributed by atoms with van der Waals surface area (Å²) in [7, 11) is 1.00. The largest absolute Gasteiger partial charge is 0.400 e. The van der Waals surface area contributed by atoms with E-state index in [9.17, 15) is 4.79 Å². The van der Waals surface area contributed by atoms with Crippen LogP contribution < -0.4 is 11.4 Å². The van der Waals surface area contributed by atoms with E-state index < -0.39 is 5.69 Å². The molecule has 1 unspecified atom stereocenters. The Labute approximate surface area is 97.9 Å². The van der Waals surface area contributed by atoms with Crippen LogP contribution in [0.1, 0.15) is 6.42 Å². The molecule has 0 radical (unpaired) electrons. The minimum absolute atomic E-state index is 0.00926. The van der Waals surface area contributed by atoms with E-state index in [-0.39, 0.29) is 6.10 Å². The van der Waals surface area contributed by atoms with E-state index in [4.69, 9.17) is 15.9 Å². The summed E-state index contributed by atoms with van der Waals surface area (Å²) in [4.78, 5) is 15.9. The molecule has 0 bridgehead atoms.